The summed E-state index contributed by atoms with van der Waals surface area (Å²) in [5.41, 5.74) is 3.53. The van der Waals surface area contributed by atoms with Crippen LogP contribution in [-0.4, -0.2) is 15.7 Å². The number of aromatic nitrogens is 2. The monoisotopic (exact) mass is 369 g/mol. The van der Waals surface area contributed by atoms with Crippen molar-refractivity contribution in [2.24, 2.45) is 0 Å². The van der Waals surface area contributed by atoms with Crippen molar-refractivity contribution in [2.45, 2.75) is 13.8 Å². The SMILES string of the molecule is Cc1ccc(C)c(NC(=O)c2nn(-c3ccccc3)c3ccccc3c2=O)c1. The molecule has 3 aromatic carbocycles. The second-order valence-electron chi connectivity index (χ2n) is 6.71. The van der Waals surface area contributed by atoms with Gasteiger partial charge in [0.25, 0.3) is 5.91 Å². The molecule has 4 rings (SSSR count). The highest BCUT2D eigenvalue weighted by Gasteiger charge is 2.18. The molecule has 0 aliphatic heterocycles. The third-order valence-corrected chi connectivity index (χ3v) is 4.65. The Morgan fingerprint density at radius 1 is 0.929 bits per heavy atom. The largest absolute Gasteiger partial charge is 0.320 e. The summed E-state index contributed by atoms with van der Waals surface area (Å²) in [6, 6.07) is 22.4. The second kappa shape index (κ2) is 7.12. The Hall–Kier alpha value is -3.73. The van der Waals surface area contributed by atoms with Crippen LogP contribution >= 0.6 is 0 Å². The van der Waals surface area contributed by atoms with Crippen LogP contribution in [0.1, 0.15) is 21.6 Å². The Morgan fingerprint density at radius 3 is 2.43 bits per heavy atom. The zero-order valence-electron chi connectivity index (χ0n) is 15.6. The summed E-state index contributed by atoms with van der Waals surface area (Å²) < 4.78 is 1.63. The molecule has 138 valence electrons. The number of amides is 1. The minimum absolute atomic E-state index is 0.136. The molecule has 5 nitrogen and oxygen atoms in total. The fraction of sp³-hybridized carbons (Fsp3) is 0.0870. The average Bonchev–Trinajstić information content (AvgIpc) is 2.72. The molecule has 0 radical (unpaired) electrons. The van der Waals surface area contributed by atoms with Gasteiger partial charge in [-0.1, -0.05) is 42.5 Å². The molecule has 1 aromatic heterocycles. The zero-order valence-corrected chi connectivity index (χ0v) is 15.6. The number of nitrogens with zero attached hydrogens (tertiary/aromatic N) is 2. The highest BCUT2D eigenvalue weighted by molar-refractivity contribution is 6.04. The van der Waals surface area contributed by atoms with Crippen molar-refractivity contribution < 1.29 is 4.79 Å². The van der Waals surface area contributed by atoms with E-state index >= 15 is 0 Å². The lowest BCUT2D eigenvalue weighted by atomic mass is 10.1. The van der Waals surface area contributed by atoms with Crippen LogP contribution in [0.3, 0.4) is 0 Å². The first kappa shape index (κ1) is 17.7. The number of aryl methyl sites for hydroxylation is 2. The number of rotatable bonds is 3. The highest BCUT2D eigenvalue weighted by Crippen LogP contribution is 2.18. The first-order chi connectivity index (χ1) is 13.5. The van der Waals surface area contributed by atoms with Gasteiger partial charge in [-0.15, -0.1) is 0 Å². The number of fused-ring (bicyclic) bond motifs is 1. The van der Waals surface area contributed by atoms with E-state index in [0.29, 0.717) is 16.6 Å². The van der Waals surface area contributed by atoms with Crippen LogP contribution in [0.2, 0.25) is 0 Å². The maximum absolute atomic E-state index is 13.0. The lowest BCUT2D eigenvalue weighted by Crippen LogP contribution is -2.27. The van der Waals surface area contributed by atoms with Crippen molar-refractivity contribution in [1.82, 2.24) is 9.78 Å². The molecule has 1 amide bonds. The van der Waals surface area contributed by atoms with Gasteiger partial charge in [-0.05, 0) is 55.3 Å². The fourth-order valence-corrected chi connectivity index (χ4v) is 3.14. The topological polar surface area (TPSA) is 64.0 Å². The second-order valence-corrected chi connectivity index (χ2v) is 6.71. The predicted octanol–water partition coefficient (Wildman–Crippen LogP) is 4.25. The number of carbonyl (C=O) groups is 1. The average molecular weight is 369 g/mol. The van der Waals surface area contributed by atoms with Gasteiger partial charge >= 0.3 is 0 Å². The van der Waals surface area contributed by atoms with Gasteiger partial charge in [-0.2, -0.15) is 5.10 Å². The summed E-state index contributed by atoms with van der Waals surface area (Å²) in [5.74, 6) is -0.519. The molecule has 28 heavy (non-hydrogen) atoms. The summed E-state index contributed by atoms with van der Waals surface area (Å²) >= 11 is 0. The molecule has 5 heteroatoms. The van der Waals surface area contributed by atoms with Crippen LogP contribution in [0, 0.1) is 13.8 Å². The van der Waals surface area contributed by atoms with Gasteiger partial charge in [0.1, 0.15) is 0 Å². The van der Waals surface area contributed by atoms with Crippen molar-refractivity contribution in [2.75, 3.05) is 5.32 Å². The third kappa shape index (κ3) is 3.18. The molecule has 0 fully saturated rings. The van der Waals surface area contributed by atoms with E-state index < -0.39 is 5.91 Å². The predicted molar refractivity (Wildman–Crippen MR) is 111 cm³/mol. The van der Waals surface area contributed by atoms with Gasteiger partial charge in [-0.25, -0.2) is 4.68 Å². The van der Waals surface area contributed by atoms with E-state index in [-0.39, 0.29) is 11.1 Å². The molecule has 0 saturated carbocycles. The number of carbonyl (C=O) groups excluding carboxylic acids is 1. The van der Waals surface area contributed by atoms with Gasteiger partial charge in [0.05, 0.1) is 16.6 Å². The van der Waals surface area contributed by atoms with E-state index in [9.17, 15) is 9.59 Å². The Bertz CT molecular complexity index is 1240. The van der Waals surface area contributed by atoms with E-state index in [2.05, 4.69) is 10.4 Å². The summed E-state index contributed by atoms with van der Waals surface area (Å²) in [4.78, 5) is 25.9. The summed E-state index contributed by atoms with van der Waals surface area (Å²) in [6.07, 6.45) is 0. The number of hydrogen-bond acceptors (Lipinski definition) is 3. The van der Waals surface area contributed by atoms with Crippen molar-refractivity contribution in [3.63, 3.8) is 0 Å². The molecule has 0 aliphatic carbocycles. The molecule has 0 bridgehead atoms. The molecule has 0 aliphatic rings. The number of anilines is 1. The van der Waals surface area contributed by atoms with E-state index in [1.165, 1.54) is 0 Å². The van der Waals surface area contributed by atoms with E-state index in [4.69, 9.17) is 0 Å². The Morgan fingerprint density at radius 2 is 1.64 bits per heavy atom. The lowest BCUT2D eigenvalue weighted by molar-refractivity contribution is 0.102. The molecule has 1 N–H and O–H groups in total. The summed E-state index contributed by atoms with van der Waals surface area (Å²) in [6.45, 7) is 3.86. The first-order valence-electron chi connectivity index (χ1n) is 9.01. The summed E-state index contributed by atoms with van der Waals surface area (Å²) in [7, 11) is 0. The minimum Gasteiger partial charge on any atom is -0.320 e. The van der Waals surface area contributed by atoms with Gasteiger partial charge in [0.2, 0.25) is 5.43 Å². The van der Waals surface area contributed by atoms with Crippen LogP contribution in [-0.2, 0) is 0 Å². The van der Waals surface area contributed by atoms with Gasteiger partial charge in [-0.3, -0.25) is 9.59 Å². The number of benzene rings is 3. The molecule has 1 heterocycles. The normalized spacial score (nSPS) is 10.8. The standard InChI is InChI=1S/C23H19N3O2/c1-15-12-13-16(2)19(14-15)24-23(28)21-22(27)18-10-6-7-11-20(18)26(25-21)17-8-4-3-5-9-17/h3-14H,1-2H3,(H,24,28). The van der Waals surface area contributed by atoms with Crippen molar-refractivity contribution in [3.8, 4) is 5.69 Å². The van der Waals surface area contributed by atoms with Crippen LogP contribution in [0.4, 0.5) is 5.69 Å². The minimum atomic E-state index is -0.519. The van der Waals surface area contributed by atoms with Crippen LogP contribution in [0.25, 0.3) is 16.6 Å². The molecule has 0 saturated heterocycles. The highest BCUT2D eigenvalue weighted by atomic mass is 16.2. The van der Waals surface area contributed by atoms with Crippen LogP contribution < -0.4 is 10.7 Å². The number of hydrogen-bond donors (Lipinski definition) is 1. The number of nitrogens with one attached hydrogen (secondary N) is 1. The van der Waals surface area contributed by atoms with E-state index in [1.807, 2.05) is 74.5 Å². The van der Waals surface area contributed by atoms with Gasteiger partial charge in [0.15, 0.2) is 5.69 Å². The zero-order chi connectivity index (χ0) is 19.7. The van der Waals surface area contributed by atoms with E-state index in [1.54, 1.807) is 16.8 Å². The molecular weight excluding hydrogens is 350 g/mol. The molecule has 0 atom stereocenters. The third-order valence-electron chi connectivity index (χ3n) is 4.65. The van der Waals surface area contributed by atoms with Gasteiger partial charge in [0, 0.05) is 5.69 Å². The summed E-state index contributed by atoms with van der Waals surface area (Å²) in [5, 5.41) is 7.70. The maximum Gasteiger partial charge on any atom is 0.280 e. The molecule has 4 aromatic rings. The maximum atomic E-state index is 13.0. The van der Waals surface area contributed by atoms with E-state index in [0.717, 1.165) is 16.8 Å². The van der Waals surface area contributed by atoms with Crippen molar-refractivity contribution >= 4 is 22.5 Å². The smallest absolute Gasteiger partial charge is 0.280 e. The number of para-hydroxylation sites is 2. The molecule has 0 spiro atoms. The van der Waals surface area contributed by atoms with Crippen molar-refractivity contribution in [1.29, 1.82) is 0 Å². The van der Waals surface area contributed by atoms with Gasteiger partial charge < -0.3 is 5.32 Å². The van der Waals surface area contributed by atoms with Crippen LogP contribution in [0.15, 0.2) is 77.6 Å². The molecular formula is C23H19N3O2. The van der Waals surface area contributed by atoms with Crippen molar-refractivity contribution in [3.05, 3.63) is 99.8 Å². The fourth-order valence-electron chi connectivity index (χ4n) is 3.14. The Balaban J connectivity index is 1.87. The Kier molecular flexibility index (Phi) is 4.49. The lowest BCUT2D eigenvalue weighted by Gasteiger charge is -2.13. The molecule has 0 unspecified atom stereocenters. The Labute approximate surface area is 162 Å². The quantitative estimate of drug-likeness (QED) is 0.587. The van der Waals surface area contributed by atoms with Crippen LogP contribution in [0.5, 0.6) is 0 Å². The first-order valence-corrected chi connectivity index (χ1v) is 9.01.